The van der Waals surface area contributed by atoms with Gasteiger partial charge in [-0.2, -0.15) is 5.26 Å². The topological polar surface area (TPSA) is 53.0 Å². The van der Waals surface area contributed by atoms with E-state index in [2.05, 4.69) is 62.9 Å². The quantitative estimate of drug-likeness (QED) is 0.794. The highest BCUT2D eigenvalue weighted by Crippen LogP contribution is 2.27. The van der Waals surface area contributed by atoms with Crippen molar-refractivity contribution < 1.29 is 0 Å². The Bertz CT molecular complexity index is 462. The Morgan fingerprint density at radius 1 is 1.33 bits per heavy atom. The first-order valence-corrected chi connectivity index (χ1v) is 7.92. The number of hydrogen-bond acceptors (Lipinski definition) is 3. The van der Waals surface area contributed by atoms with Crippen LogP contribution in [0.15, 0.2) is 24.3 Å². The van der Waals surface area contributed by atoms with E-state index in [1.807, 2.05) is 0 Å². The van der Waals surface area contributed by atoms with Gasteiger partial charge in [-0.15, -0.1) is 0 Å². The minimum absolute atomic E-state index is 0.0873. The summed E-state index contributed by atoms with van der Waals surface area (Å²) in [5.41, 5.74) is 8.94. The number of hydrogen-bond donors (Lipinski definition) is 1. The van der Waals surface area contributed by atoms with Crippen molar-refractivity contribution in [2.75, 3.05) is 13.1 Å². The Morgan fingerprint density at radius 3 is 2.57 bits per heavy atom. The lowest BCUT2D eigenvalue weighted by Crippen LogP contribution is -2.43. The van der Waals surface area contributed by atoms with Crippen LogP contribution in [0.4, 0.5) is 0 Å². The monoisotopic (exact) mass is 287 g/mol. The summed E-state index contributed by atoms with van der Waals surface area (Å²) in [6.45, 7) is 10.4. The van der Waals surface area contributed by atoms with Gasteiger partial charge in [-0.05, 0) is 24.8 Å². The largest absolute Gasteiger partial charge is 0.326 e. The van der Waals surface area contributed by atoms with Crippen LogP contribution in [-0.4, -0.2) is 24.0 Å². The molecule has 21 heavy (non-hydrogen) atoms. The van der Waals surface area contributed by atoms with Crippen molar-refractivity contribution in [1.29, 1.82) is 5.26 Å². The second kappa shape index (κ2) is 8.81. The van der Waals surface area contributed by atoms with Crippen molar-refractivity contribution in [2.24, 2.45) is 11.7 Å². The minimum atomic E-state index is 0.0873. The van der Waals surface area contributed by atoms with E-state index in [1.54, 1.807) is 0 Å². The first kappa shape index (κ1) is 17.7. The van der Waals surface area contributed by atoms with Crippen molar-refractivity contribution in [2.45, 2.75) is 52.6 Å². The SMILES string of the molecule is CCC(N)C(c1cccc(C)c1)N(CCC#N)CC(C)C. The van der Waals surface area contributed by atoms with Crippen molar-refractivity contribution in [3.63, 3.8) is 0 Å². The molecule has 1 rings (SSSR count). The smallest absolute Gasteiger partial charge is 0.0635 e. The molecule has 0 fully saturated rings. The Hall–Kier alpha value is -1.37. The van der Waals surface area contributed by atoms with Gasteiger partial charge >= 0.3 is 0 Å². The minimum Gasteiger partial charge on any atom is -0.326 e. The van der Waals surface area contributed by atoms with Crippen LogP contribution in [0.2, 0.25) is 0 Å². The van der Waals surface area contributed by atoms with E-state index >= 15 is 0 Å². The maximum Gasteiger partial charge on any atom is 0.0635 e. The molecule has 0 aromatic heterocycles. The highest BCUT2D eigenvalue weighted by Gasteiger charge is 2.26. The third-order valence-electron chi connectivity index (χ3n) is 3.76. The number of aryl methyl sites for hydroxylation is 1. The fraction of sp³-hybridized carbons (Fsp3) is 0.611. The van der Waals surface area contributed by atoms with E-state index in [-0.39, 0.29) is 12.1 Å². The van der Waals surface area contributed by atoms with Crippen LogP contribution in [0.5, 0.6) is 0 Å². The molecule has 0 aliphatic heterocycles. The zero-order chi connectivity index (χ0) is 15.8. The van der Waals surface area contributed by atoms with Crippen molar-refractivity contribution >= 4 is 0 Å². The van der Waals surface area contributed by atoms with Gasteiger partial charge in [0.2, 0.25) is 0 Å². The zero-order valence-corrected chi connectivity index (χ0v) is 13.8. The maximum absolute atomic E-state index is 8.93. The molecule has 2 N–H and O–H groups in total. The summed E-state index contributed by atoms with van der Waals surface area (Å²) >= 11 is 0. The van der Waals surface area contributed by atoms with E-state index in [0.717, 1.165) is 19.5 Å². The van der Waals surface area contributed by atoms with Gasteiger partial charge in [-0.25, -0.2) is 0 Å². The van der Waals surface area contributed by atoms with Crippen LogP contribution in [0.25, 0.3) is 0 Å². The molecule has 2 atom stereocenters. The van der Waals surface area contributed by atoms with Gasteiger partial charge in [0.1, 0.15) is 0 Å². The highest BCUT2D eigenvalue weighted by molar-refractivity contribution is 5.26. The summed E-state index contributed by atoms with van der Waals surface area (Å²) in [5, 5.41) is 8.93. The lowest BCUT2D eigenvalue weighted by Gasteiger charge is -2.36. The molecule has 1 aromatic carbocycles. The predicted octanol–water partition coefficient (Wildman–Crippen LogP) is 3.65. The molecule has 0 bridgehead atoms. The molecule has 0 amide bonds. The first-order chi connectivity index (χ1) is 9.99. The van der Waals surface area contributed by atoms with Crippen LogP contribution in [0, 0.1) is 24.2 Å². The molecule has 0 saturated carbocycles. The number of benzene rings is 1. The molecule has 0 heterocycles. The van der Waals surface area contributed by atoms with Crippen LogP contribution in [-0.2, 0) is 0 Å². The Morgan fingerprint density at radius 2 is 2.05 bits per heavy atom. The van der Waals surface area contributed by atoms with Gasteiger partial charge in [0.25, 0.3) is 0 Å². The normalized spacial score (nSPS) is 14.2. The molecule has 0 aliphatic carbocycles. The van der Waals surface area contributed by atoms with Crippen LogP contribution in [0.1, 0.15) is 50.8 Å². The summed E-state index contributed by atoms with van der Waals surface area (Å²) in [5.74, 6) is 0.556. The highest BCUT2D eigenvalue weighted by atomic mass is 15.2. The Labute approximate surface area is 129 Å². The lowest BCUT2D eigenvalue weighted by molar-refractivity contribution is 0.154. The molecule has 116 valence electrons. The molecule has 1 aromatic rings. The summed E-state index contributed by atoms with van der Waals surface area (Å²) in [4.78, 5) is 2.39. The van der Waals surface area contributed by atoms with Crippen LogP contribution >= 0.6 is 0 Å². The van der Waals surface area contributed by atoms with Gasteiger partial charge in [0.15, 0.2) is 0 Å². The zero-order valence-electron chi connectivity index (χ0n) is 13.8. The third kappa shape index (κ3) is 5.49. The fourth-order valence-corrected chi connectivity index (χ4v) is 2.81. The van der Waals surface area contributed by atoms with Crippen molar-refractivity contribution in [3.05, 3.63) is 35.4 Å². The van der Waals surface area contributed by atoms with Crippen LogP contribution in [0.3, 0.4) is 0 Å². The van der Waals surface area contributed by atoms with E-state index in [0.29, 0.717) is 12.3 Å². The Kier molecular flexibility index (Phi) is 7.42. The van der Waals surface area contributed by atoms with E-state index in [4.69, 9.17) is 11.0 Å². The fourth-order valence-electron chi connectivity index (χ4n) is 2.81. The Balaban J connectivity index is 3.10. The summed E-state index contributed by atoms with van der Waals surface area (Å²) in [6.07, 6.45) is 1.48. The molecule has 3 heteroatoms. The van der Waals surface area contributed by atoms with Crippen molar-refractivity contribution in [1.82, 2.24) is 4.90 Å². The number of nitrogens with zero attached hydrogens (tertiary/aromatic N) is 2. The second-order valence-corrected chi connectivity index (χ2v) is 6.23. The summed E-state index contributed by atoms with van der Waals surface area (Å²) in [6, 6.07) is 11.1. The average molecular weight is 287 g/mol. The van der Waals surface area contributed by atoms with Gasteiger partial charge in [-0.1, -0.05) is 50.6 Å². The molecule has 0 radical (unpaired) electrons. The second-order valence-electron chi connectivity index (χ2n) is 6.23. The summed E-state index contributed by atoms with van der Waals surface area (Å²) in [7, 11) is 0. The molecule has 0 aliphatic rings. The molecular formula is C18H29N3. The van der Waals surface area contributed by atoms with Crippen LogP contribution < -0.4 is 5.73 Å². The van der Waals surface area contributed by atoms with Gasteiger partial charge in [0.05, 0.1) is 6.07 Å². The first-order valence-electron chi connectivity index (χ1n) is 7.92. The van der Waals surface area contributed by atoms with Crippen molar-refractivity contribution in [3.8, 4) is 6.07 Å². The van der Waals surface area contributed by atoms with E-state index in [9.17, 15) is 0 Å². The maximum atomic E-state index is 8.93. The molecule has 2 unspecified atom stereocenters. The van der Waals surface area contributed by atoms with Gasteiger partial charge in [-0.3, -0.25) is 4.90 Å². The summed E-state index contributed by atoms with van der Waals surface area (Å²) < 4.78 is 0. The molecular weight excluding hydrogens is 258 g/mol. The third-order valence-corrected chi connectivity index (χ3v) is 3.76. The lowest BCUT2D eigenvalue weighted by atomic mass is 9.94. The standard InChI is InChI=1S/C18H29N3/c1-5-17(20)18(16-9-6-8-15(4)12-16)21(11-7-10-19)13-14(2)3/h6,8-9,12,14,17-18H,5,7,11,13,20H2,1-4H3. The van der Waals surface area contributed by atoms with Gasteiger partial charge in [0, 0.05) is 31.6 Å². The van der Waals surface area contributed by atoms with E-state index in [1.165, 1.54) is 11.1 Å². The predicted molar refractivity (Wildman–Crippen MR) is 88.8 cm³/mol. The number of nitrogens with two attached hydrogens (primary N) is 1. The molecule has 0 saturated heterocycles. The van der Waals surface area contributed by atoms with E-state index < -0.39 is 0 Å². The molecule has 3 nitrogen and oxygen atoms in total. The average Bonchev–Trinajstić information content (AvgIpc) is 2.44. The van der Waals surface area contributed by atoms with Gasteiger partial charge < -0.3 is 5.73 Å². The molecule has 0 spiro atoms. The number of nitriles is 1. The number of rotatable bonds is 8.